The number of rotatable bonds is 4. The Morgan fingerprint density at radius 1 is 1.16 bits per heavy atom. The molecule has 0 bridgehead atoms. The molecule has 0 spiro atoms. The Kier molecular flexibility index (Phi) is 4.12. The van der Waals surface area contributed by atoms with E-state index >= 15 is 0 Å². The second-order valence-electron chi connectivity index (χ2n) is 4.48. The average molecular weight is 258 g/mol. The van der Waals surface area contributed by atoms with Crippen molar-refractivity contribution in [3.8, 4) is 5.75 Å². The van der Waals surface area contributed by atoms with E-state index in [4.69, 9.17) is 4.74 Å². The maximum Gasteiger partial charge on any atom is 0.133 e. The zero-order chi connectivity index (χ0) is 13.8. The monoisotopic (exact) mass is 258 g/mol. The highest BCUT2D eigenvalue weighted by atomic mass is 16.5. The molecule has 4 heteroatoms. The highest BCUT2D eigenvalue weighted by Gasteiger charge is 2.08. The molecular weight excluding hydrogens is 240 g/mol. The van der Waals surface area contributed by atoms with Crippen molar-refractivity contribution in [3.05, 3.63) is 52.6 Å². The molecule has 0 fully saturated rings. The van der Waals surface area contributed by atoms with Crippen molar-refractivity contribution in [3.63, 3.8) is 0 Å². The van der Waals surface area contributed by atoms with Crippen LogP contribution in [0.5, 0.6) is 5.75 Å². The van der Waals surface area contributed by atoms with E-state index in [0.29, 0.717) is 6.42 Å². The van der Waals surface area contributed by atoms with Crippen LogP contribution < -0.4 is 4.74 Å². The zero-order valence-corrected chi connectivity index (χ0v) is 11.5. The predicted octanol–water partition coefficient (Wildman–Crippen LogP) is 2.19. The summed E-state index contributed by atoms with van der Waals surface area (Å²) in [5.74, 6) is 1.60. The van der Waals surface area contributed by atoms with Crippen LogP contribution in [0.15, 0.2) is 24.3 Å². The van der Waals surface area contributed by atoms with Gasteiger partial charge in [0.1, 0.15) is 11.6 Å². The Labute approximate surface area is 113 Å². The van der Waals surface area contributed by atoms with E-state index in [-0.39, 0.29) is 6.61 Å². The fraction of sp³-hybridized carbons (Fsp3) is 0.333. The summed E-state index contributed by atoms with van der Waals surface area (Å²) in [7, 11) is 1.65. The first-order valence-corrected chi connectivity index (χ1v) is 6.21. The van der Waals surface area contributed by atoms with Gasteiger partial charge in [-0.3, -0.25) is 0 Å². The highest BCUT2D eigenvalue weighted by molar-refractivity contribution is 5.31. The largest absolute Gasteiger partial charge is 0.497 e. The molecule has 0 saturated carbocycles. The van der Waals surface area contributed by atoms with Crippen molar-refractivity contribution in [2.45, 2.75) is 26.9 Å². The molecule has 2 aromatic rings. The van der Waals surface area contributed by atoms with E-state index in [1.165, 1.54) is 0 Å². The van der Waals surface area contributed by atoms with Gasteiger partial charge < -0.3 is 9.84 Å². The molecule has 0 aliphatic heterocycles. The normalized spacial score (nSPS) is 10.5. The van der Waals surface area contributed by atoms with Gasteiger partial charge in [-0.1, -0.05) is 12.1 Å². The Morgan fingerprint density at radius 2 is 1.84 bits per heavy atom. The lowest BCUT2D eigenvalue weighted by Gasteiger charge is -2.09. The molecule has 1 aromatic carbocycles. The van der Waals surface area contributed by atoms with Crippen LogP contribution in [0.3, 0.4) is 0 Å². The van der Waals surface area contributed by atoms with Crippen molar-refractivity contribution < 1.29 is 9.84 Å². The van der Waals surface area contributed by atoms with E-state index in [9.17, 15) is 5.11 Å². The summed E-state index contributed by atoms with van der Waals surface area (Å²) in [6, 6.07) is 7.87. The van der Waals surface area contributed by atoms with Crippen molar-refractivity contribution in [1.82, 2.24) is 9.97 Å². The molecule has 1 aromatic heterocycles. The number of aromatic nitrogens is 2. The fourth-order valence-electron chi connectivity index (χ4n) is 2.08. The smallest absolute Gasteiger partial charge is 0.133 e. The van der Waals surface area contributed by atoms with Crippen molar-refractivity contribution in [1.29, 1.82) is 0 Å². The van der Waals surface area contributed by atoms with Crippen LogP contribution in [0.2, 0.25) is 0 Å². The summed E-state index contributed by atoms with van der Waals surface area (Å²) in [6.07, 6.45) is 0.657. The number of benzene rings is 1. The summed E-state index contributed by atoms with van der Waals surface area (Å²) in [4.78, 5) is 8.89. The first-order valence-electron chi connectivity index (χ1n) is 6.21. The van der Waals surface area contributed by atoms with Crippen molar-refractivity contribution in [2.24, 2.45) is 0 Å². The minimum atomic E-state index is -0.0168. The molecule has 0 radical (unpaired) electrons. The van der Waals surface area contributed by atoms with E-state index in [2.05, 4.69) is 9.97 Å². The molecule has 19 heavy (non-hydrogen) atoms. The second kappa shape index (κ2) is 5.80. The molecule has 0 amide bonds. The van der Waals surface area contributed by atoms with E-state index in [1.54, 1.807) is 7.11 Å². The minimum Gasteiger partial charge on any atom is -0.497 e. The standard InChI is InChI=1S/C15H18N2O2/c1-10-14(9-18)11(2)17-15(16-10)8-12-5-4-6-13(7-12)19-3/h4-7,18H,8-9H2,1-3H3. The quantitative estimate of drug-likeness (QED) is 0.913. The van der Waals surface area contributed by atoms with Gasteiger partial charge in [0.15, 0.2) is 0 Å². The highest BCUT2D eigenvalue weighted by Crippen LogP contribution is 2.16. The number of methoxy groups -OCH3 is 1. The van der Waals surface area contributed by atoms with Crippen LogP contribution in [-0.2, 0) is 13.0 Å². The summed E-state index contributed by atoms with van der Waals surface area (Å²) in [6.45, 7) is 3.78. The van der Waals surface area contributed by atoms with Gasteiger partial charge in [0.2, 0.25) is 0 Å². The van der Waals surface area contributed by atoms with Gasteiger partial charge >= 0.3 is 0 Å². The van der Waals surface area contributed by atoms with Gasteiger partial charge in [-0.15, -0.1) is 0 Å². The third kappa shape index (κ3) is 3.09. The van der Waals surface area contributed by atoms with Crippen LogP contribution in [0.25, 0.3) is 0 Å². The maximum absolute atomic E-state index is 9.25. The molecule has 2 rings (SSSR count). The minimum absolute atomic E-state index is 0.0168. The SMILES string of the molecule is COc1cccc(Cc2nc(C)c(CO)c(C)n2)c1. The lowest BCUT2D eigenvalue weighted by atomic mass is 10.1. The van der Waals surface area contributed by atoms with Gasteiger partial charge in [-0.2, -0.15) is 0 Å². The molecular formula is C15H18N2O2. The van der Waals surface area contributed by atoms with Crippen molar-refractivity contribution in [2.75, 3.05) is 7.11 Å². The van der Waals surface area contributed by atoms with Crippen molar-refractivity contribution >= 4 is 0 Å². The van der Waals surface area contributed by atoms with Gasteiger partial charge in [-0.05, 0) is 31.5 Å². The average Bonchev–Trinajstić information content (AvgIpc) is 2.38. The van der Waals surface area contributed by atoms with Gasteiger partial charge in [0.25, 0.3) is 0 Å². The number of hydrogen-bond donors (Lipinski definition) is 1. The topological polar surface area (TPSA) is 55.2 Å². The molecule has 1 N–H and O–H groups in total. The molecule has 0 aliphatic rings. The molecule has 4 nitrogen and oxygen atoms in total. The molecule has 0 unspecified atom stereocenters. The predicted molar refractivity (Wildman–Crippen MR) is 73.2 cm³/mol. The molecule has 0 atom stereocenters. The number of aliphatic hydroxyl groups excluding tert-OH is 1. The number of aliphatic hydroxyl groups is 1. The molecule has 100 valence electrons. The lowest BCUT2D eigenvalue weighted by Crippen LogP contribution is -2.06. The molecule has 0 aliphatic carbocycles. The van der Waals surface area contributed by atoms with Gasteiger partial charge in [-0.25, -0.2) is 9.97 Å². The lowest BCUT2D eigenvalue weighted by molar-refractivity contribution is 0.279. The number of aryl methyl sites for hydroxylation is 2. The molecule has 0 saturated heterocycles. The number of nitrogens with zero attached hydrogens (tertiary/aromatic N) is 2. The van der Waals surface area contributed by atoms with E-state index in [0.717, 1.165) is 34.1 Å². The maximum atomic E-state index is 9.25. The van der Waals surface area contributed by atoms with Crippen LogP contribution >= 0.6 is 0 Å². The van der Waals surface area contributed by atoms with Crippen LogP contribution in [-0.4, -0.2) is 22.2 Å². The molecule has 1 heterocycles. The fourth-order valence-corrected chi connectivity index (χ4v) is 2.08. The number of ether oxygens (including phenoxy) is 1. The summed E-state index contributed by atoms with van der Waals surface area (Å²) >= 11 is 0. The van der Waals surface area contributed by atoms with Gasteiger partial charge in [0.05, 0.1) is 13.7 Å². The van der Waals surface area contributed by atoms with Crippen LogP contribution in [0.4, 0.5) is 0 Å². The summed E-state index contributed by atoms with van der Waals surface area (Å²) < 4.78 is 5.20. The first kappa shape index (κ1) is 13.5. The Hall–Kier alpha value is -1.94. The van der Waals surface area contributed by atoms with E-state index in [1.807, 2.05) is 38.1 Å². The second-order valence-corrected chi connectivity index (χ2v) is 4.48. The number of hydrogen-bond acceptors (Lipinski definition) is 4. The third-order valence-corrected chi connectivity index (χ3v) is 3.12. The summed E-state index contributed by atoms with van der Waals surface area (Å²) in [5.41, 5.74) is 3.60. The van der Waals surface area contributed by atoms with E-state index < -0.39 is 0 Å². The third-order valence-electron chi connectivity index (χ3n) is 3.12. The van der Waals surface area contributed by atoms with Crippen LogP contribution in [0, 0.1) is 13.8 Å². The summed E-state index contributed by atoms with van der Waals surface area (Å²) in [5, 5.41) is 9.25. The Bertz CT molecular complexity index is 559. The van der Waals surface area contributed by atoms with Gasteiger partial charge in [0, 0.05) is 23.4 Å². The Balaban J connectivity index is 2.28. The Morgan fingerprint density at radius 3 is 2.42 bits per heavy atom. The van der Waals surface area contributed by atoms with Crippen LogP contribution in [0.1, 0.15) is 28.3 Å². The first-order chi connectivity index (χ1) is 9.13. The zero-order valence-electron chi connectivity index (χ0n) is 11.5.